The van der Waals surface area contributed by atoms with Crippen LogP contribution in [0.15, 0.2) is 67.4 Å². The first-order valence-corrected chi connectivity index (χ1v) is 6.81. The van der Waals surface area contributed by atoms with Gasteiger partial charge >= 0.3 is 0 Å². The molecule has 106 valence electrons. The lowest BCUT2D eigenvalue weighted by Crippen LogP contribution is -1.96. The molecule has 0 bridgehead atoms. The second-order valence-electron chi connectivity index (χ2n) is 4.89. The third-order valence-electron chi connectivity index (χ3n) is 3.55. The quantitative estimate of drug-likeness (QED) is 0.530. The Morgan fingerprint density at radius 1 is 0.864 bits per heavy atom. The summed E-state index contributed by atoms with van der Waals surface area (Å²) in [5.41, 5.74) is 2.60. The third-order valence-corrected chi connectivity index (χ3v) is 3.55. The molecule has 0 atom stereocenters. The van der Waals surface area contributed by atoms with Gasteiger partial charge in [-0.05, 0) is 35.9 Å². The lowest BCUT2D eigenvalue weighted by Gasteiger charge is -2.06. The highest BCUT2D eigenvalue weighted by Crippen LogP contribution is 2.22. The van der Waals surface area contributed by atoms with Crippen molar-refractivity contribution in [2.24, 2.45) is 0 Å². The molecule has 0 aliphatic carbocycles. The van der Waals surface area contributed by atoms with Crippen molar-refractivity contribution in [3.8, 4) is 16.9 Å². The molecule has 0 amide bonds. The van der Waals surface area contributed by atoms with Crippen molar-refractivity contribution >= 4 is 10.9 Å². The fourth-order valence-corrected chi connectivity index (χ4v) is 2.46. The third kappa shape index (κ3) is 2.13. The molecular weight excluding hydrogens is 279 g/mol. The van der Waals surface area contributed by atoms with Crippen molar-refractivity contribution in [1.82, 2.24) is 19.5 Å². The van der Waals surface area contributed by atoms with E-state index in [0.717, 1.165) is 27.8 Å². The highest BCUT2D eigenvalue weighted by atomic mass is 19.1. The first-order valence-electron chi connectivity index (χ1n) is 6.81. The normalized spacial score (nSPS) is 11.0. The Balaban J connectivity index is 1.76. The molecule has 0 radical (unpaired) electrons. The van der Waals surface area contributed by atoms with Gasteiger partial charge < -0.3 is 0 Å². The zero-order chi connectivity index (χ0) is 14.9. The van der Waals surface area contributed by atoms with E-state index in [-0.39, 0.29) is 0 Å². The summed E-state index contributed by atoms with van der Waals surface area (Å²) in [7, 11) is 0. The molecule has 0 saturated carbocycles. The molecule has 22 heavy (non-hydrogen) atoms. The van der Waals surface area contributed by atoms with E-state index in [1.807, 2.05) is 41.2 Å². The van der Waals surface area contributed by atoms with E-state index in [4.69, 9.17) is 0 Å². The lowest BCUT2D eigenvalue weighted by molar-refractivity contribution is 0.584. The van der Waals surface area contributed by atoms with Crippen molar-refractivity contribution in [2.45, 2.75) is 0 Å². The van der Waals surface area contributed by atoms with E-state index in [1.54, 1.807) is 18.5 Å². The monoisotopic (exact) mass is 290 g/mol. The minimum Gasteiger partial charge on any atom is -0.300 e. The first-order chi connectivity index (χ1) is 10.8. The molecule has 4 aromatic heterocycles. The van der Waals surface area contributed by atoms with Gasteiger partial charge in [-0.25, -0.2) is 9.97 Å². The second-order valence-corrected chi connectivity index (χ2v) is 4.89. The summed E-state index contributed by atoms with van der Waals surface area (Å²) in [6.45, 7) is 0. The van der Waals surface area contributed by atoms with Crippen LogP contribution in [0, 0.1) is 5.95 Å². The number of hydrogen-bond donors (Lipinski definition) is 0. The highest BCUT2D eigenvalue weighted by Gasteiger charge is 2.05. The van der Waals surface area contributed by atoms with E-state index in [1.165, 1.54) is 12.3 Å². The maximum atomic E-state index is 13.2. The lowest BCUT2D eigenvalue weighted by atomic mass is 10.1. The number of nitrogens with zero attached hydrogens (tertiary/aromatic N) is 4. The van der Waals surface area contributed by atoms with E-state index in [9.17, 15) is 4.39 Å². The minimum atomic E-state index is -0.496. The summed E-state index contributed by atoms with van der Waals surface area (Å²) in [5, 5.41) is 1.11. The van der Waals surface area contributed by atoms with Crippen LogP contribution in [0.4, 0.5) is 4.39 Å². The summed E-state index contributed by atoms with van der Waals surface area (Å²) in [4.78, 5) is 12.2. The molecule has 0 fully saturated rings. The van der Waals surface area contributed by atoms with Gasteiger partial charge in [0, 0.05) is 41.8 Å². The summed E-state index contributed by atoms with van der Waals surface area (Å²) < 4.78 is 15.2. The summed E-state index contributed by atoms with van der Waals surface area (Å²) in [5.74, 6) is 0.297. The van der Waals surface area contributed by atoms with Crippen molar-refractivity contribution in [3.05, 3.63) is 73.3 Å². The molecule has 0 aliphatic rings. The molecule has 4 nitrogen and oxygen atoms in total. The molecular formula is C17H11FN4. The zero-order valence-corrected chi connectivity index (χ0v) is 11.5. The minimum absolute atomic E-state index is 0.496. The summed E-state index contributed by atoms with van der Waals surface area (Å²) in [6, 6.07) is 10.9. The maximum Gasteiger partial charge on any atom is 0.213 e. The van der Waals surface area contributed by atoms with Crippen LogP contribution >= 0.6 is 0 Å². The molecule has 0 spiro atoms. The van der Waals surface area contributed by atoms with Crippen molar-refractivity contribution in [3.63, 3.8) is 0 Å². The first kappa shape index (κ1) is 12.6. The number of pyridine rings is 3. The molecule has 0 saturated heterocycles. The molecule has 4 heterocycles. The van der Waals surface area contributed by atoms with Gasteiger partial charge in [-0.3, -0.25) is 9.55 Å². The number of hydrogen-bond acceptors (Lipinski definition) is 3. The van der Waals surface area contributed by atoms with Crippen LogP contribution in [0.3, 0.4) is 0 Å². The van der Waals surface area contributed by atoms with Gasteiger partial charge in [-0.1, -0.05) is 0 Å². The van der Waals surface area contributed by atoms with E-state index < -0.39 is 5.95 Å². The van der Waals surface area contributed by atoms with E-state index >= 15 is 0 Å². The molecule has 4 rings (SSSR count). The number of aromatic nitrogens is 4. The predicted octanol–water partition coefficient (Wildman–Crippen LogP) is 3.62. The van der Waals surface area contributed by atoms with Crippen LogP contribution in [0.25, 0.3) is 27.8 Å². The SMILES string of the molecule is Fc1cc(-c2ccc(-n3ccc4ccncc43)nc2)ccn1. The van der Waals surface area contributed by atoms with Gasteiger partial charge in [0.1, 0.15) is 5.82 Å². The van der Waals surface area contributed by atoms with Gasteiger partial charge in [0.05, 0.1) is 11.7 Å². The van der Waals surface area contributed by atoms with Crippen LogP contribution in [0.2, 0.25) is 0 Å². The Bertz CT molecular complexity index is 944. The van der Waals surface area contributed by atoms with Crippen LogP contribution in [-0.2, 0) is 0 Å². The zero-order valence-electron chi connectivity index (χ0n) is 11.5. The van der Waals surface area contributed by atoms with Crippen molar-refractivity contribution < 1.29 is 4.39 Å². The smallest absolute Gasteiger partial charge is 0.213 e. The van der Waals surface area contributed by atoms with Gasteiger partial charge in [0.2, 0.25) is 5.95 Å². The van der Waals surface area contributed by atoms with Crippen LogP contribution in [0.5, 0.6) is 0 Å². The van der Waals surface area contributed by atoms with Gasteiger partial charge in [0.25, 0.3) is 0 Å². The molecule has 0 N–H and O–H groups in total. The highest BCUT2D eigenvalue weighted by molar-refractivity contribution is 5.80. The topological polar surface area (TPSA) is 43.6 Å². The van der Waals surface area contributed by atoms with Gasteiger partial charge in [0.15, 0.2) is 0 Å². The van der Waals surface area contributed by atoms with Gasteiger partial charge in [-0.2, -0.15) is 4.39 Å². The predicted molar refractivity (Wildman–Crippen MR) is 82.1 cm³/mol. The summed E-state index contributed by atoms with van der Waals surface area (Å²) in [6.07, 6.45) is 8.71. The standard InChI is InChI=1S/C17H11FN4/c18-16-9-13(4-7-20-16)14-1-2-17(21-10-14)22-8-5-12-3-6-19-11-15(12)22/h1-11H. The van der Waals surface area contributed by atoms with Crippen LogP contribution in [0.1, 0.15) is 0 Å². The van der Waals surface area contributed by atoms with Crippen LogP contribution in [-0.4, -0.2) is 19.5 Å². The molecule has 0 aliphatic heterocycles. The second kappa shape index (κ2) is 5.04. The van der Waals surface area contributed by atoms with Crippen molar-refractivity contribution in [1.29, 1.82) is 0 Å². The maximum absolute atomic E-state index is 13.2. The fraction of sp³-hybridized carbons (Fsp3) is 0. The number of rotatable bonds is 2. The van der Waals surface area contributed by atoms with E-state index in [2.05, 4.69) is 15.0 Å². The Hall–Kier alpha value is -3.08. The Morgan fingerprint density at radius 3 is 2.64 bits per heavy atom. The van der Waals surface area contributed by atoms with Crippen LogP contribution < -0.4 is 0 Å². The number of fused-ring (bicyclic) bond motifs is 1. The van der Waals surface area contributed by atoms with E-state index in [0.29, 0.717) is 0 Å². The molecule has 0 unspecified atom stereocenters. The fourth-order valence-electron chi connectivity index (χ4n) is 2.46. The van der Waals surface area contributed by atoms with Gasteiger partial charge in [-0.15, -0.1) is 0 Å². The number of halogens is 1. The average Bonchev–Trinajstić information content (AvgIpc) is 2.99. The van der Waals surface area contributed by atoms with Crippen molar-refractivity contribution in [2.75, 3.05) is 0 Å². The molecule has 0 aromatic carbocycles. The Morgan fingerprint density at radius 2 is 1.82 bits per heavy atom. The Labute approximate surface area is 125 Å². The average molecular weight is 290 g/mol. The Kier molecular flexibility index (Phi) is 2.89. The summed E-state index contributed by atoms with van der Waals surface area (Å²) >= 11 is 0. The molecule has 4 aromatic rings. The molecule has 5 heteroatoms. The largest absolute Gasteiger partial charge is 0.300 e.